The number of hydrogen-bond acceptors (Lipinski definition) is 6. The minimum absolute atomic E-state index is 0.0757. The lowest BCUT2D eigenvalue weighted by Gasteiger charge is -2.21. The molecule has 0 saturated heterocycles. The van der Waals surface area contributed by atoms with E-state index in [-0.39, 0.29) is 5.41 Å². The molecule has 0 bridgehead atoms. The van der Waals surface area contributed by atoms with Crippen LogP contribution in [-0.2, 0) is 5.41 Å². The maximum absolute atomic E-state index is 5.09. The molecule has 0 aliphatic heterocycles. The van der Waals surface area contributed by atoms with Gasteiger partial charge in [0.1, 0.15) is 11.0 Å². The van der Waals surface area contributed by atoms with E-state index in [9.17, 15) is 0 Å². The second-order valence-corrected chi connectivity index (χ2v) is 38.4. The van der Waals surface area contributed by atoms with Gasteiger partial charge in [0.2, 0.25) is 0 Å². The van der Waals surface area contributed by atoms with Crippen molar-refractivity contribution < 1.29 is 0 Å². The van der Waals surface area contributed by atoms with Crippen LogP contribution >= 0.6 is 0 Å². The third-order valence-electron chi connectivity index (χ3n) is 30.1. The molecule has 0 spiro atoms. The van der Waals surface area contributed by atoms with Gasteiger partial charge in [-0.1, -0.05) is 354 Å². The van der Waals surface area contributed by atoms with Gasteiger partial charge in [-0.15, -0.1) is 0 Å². The van der Waals surface area contributed by atoms with Gasteiger partial charge in [-0.3, -0.25) is 19.9 Å². The number of rotatable bonds is 11. The molecular weight excluding hydrogens is 1760 g/mol. The lowest BCUT2D eigenvalue weighted by Crippen LogP contribution is -2.14. The number of aromatic nitrogens is 10. The lowest BCUT2D eigenvalue weighted by atomic mass is 9.82. The monoisotopic (exact) mass is 1850 g/mol. The molecule has 145 heavy (non-hydrogen) atoms. The highest BCUT2D eigenvalue weighted by Gasteiger charge is 2.38. The molecule has 0 radical (unpaired) electrons. The van der Waals surface area contributed by atoms with Crippen molar-refractivity contribution in [2.75, 3.05) is 0 Å². The zero-order chi connectivity index (χ0) is 95.9. The average molecular weight is 1850 g/mol. The lowest BCUT2D eigenvalue weighted by molar-refractivity contribution is 0.660. The third-order valence-corrected chi connectivity index (χ3v) is 30.1. The maximum atomic E-state index is 5.09. The summed E-state index contributed by atoms with van der Waals surface area (Å²) in [5.41, 5.74) is 38.7. The Labute approximate surface area is 835 Å². The van der Waals surface area contributed by atoms with Crippen LogP contribution in [0.1, 0.15) is 25.0 Å². The van der Waals surface area contributed by atoms with Crippen LogP contribution in [0.2, 0.25) is 0 Å². The molecule has 29 aromatic rings. The molecule has 7 heterocycles. The third kappa shape index (κ3) is 13.8. The molecule has 0 amide bonds. The van der Waals surface area contributed by atoms with E-state index in [0.29, 0.717) is 0 Å². The quantitative estimate of drug-likeness (QED) is 0.128. The molecule has 22 aromatic carbocycles. The standard InChI is InChI=1S/C48H30N4.C45H31N3.C42H27N3/c1-3-13-31(14-4-1)35-20-11-24-42-45(35)39-29-32-15-7-8-16-33(32)30-44(39)52(42)43-26-25-37(47-48(43)50-28-27-49-47)36-21-12-23-41-46(36)38-19-9-10-22-40(38)51(41)34-17-5-2-6-18-34;1-45(2)37-17-9-8-15-34(37)42-32(16-10-18-38(42)45)33-20-22-40(44-43(33)46-23-24-47-44)48-39-21-19-31(28-11-4-3-5-12-28)26-35(39)36-25-29-13-6-7-14-30(29)27-41(36)48;1-3-9-28(10-4-1)30-15-17-31(18-16-30)35-20-22-41(39-27-44-43-26-38(35)39)45-40-21-19-34(29-11-5-2-6-12-29)24-36(40)37-23-32-13-7-8-14-33(32)25-42(37)45/h1-30H;3-27H,1-2H3;1-27H. The Kier molecular flexibility index (Phi) is 19.8. The van der Waals surface area contributed by atoms with Gasteiger partial charge >= 0.3 is 0 Å². The van der Waals surface area contributed by atoms with Gasteiger partial charge in [0, 0.05) is 101 Å². The summed E-state index contributed by atoms with van der Waals surface area (Å²) in [5.74, 6) is 0. The Morgan fingerprint density at radius 1 is 0.186 bits per heavy atom. The molecule has 10 heteroatoms. The average Bonchev–Trinajstić information content (AvgIpc) is 1.61. The van der Waals surface area contributed by atoms with Crippen LogP contribution in [0.4, 0.5) is 0 Å². The van der Waals surface area contributed by atoms with Gasteiger partial charge in [-0.05, 0) is 243 Å². The summed E-state index contributed by atoms with van der Waals surface area (Å²) in [6.07, 6.45) is 11.1. The number of hydrogen-bond donors (Lipinski definition) is 0. The highest BCUT2D eigenvalue weighted by atomic mass is 15.1. The van der Waals surface area contributed by atoms with Crippen molar-refractivity contribution in [1.82, 2.24) is 48.4 Å². The van der Waals surface area contributed by atoms with Crippen LogP contribution in [0.3, 0.4) is 0 Å². The Bertz CT molecular complexity index is 10300. The zero-order valence-electron chi connectivity index (χ0n) is 79.3. The fourth-order valence-corrected chi connectivity index (χ4v) is 23.4. The Morgan fingerprint density at radius 2 is 0.538 bits per heavy atom. The van der Waals surface area contributed by atoms with Gasteiger partial charge in [-0.25, -0.2) is 0 Å². The van der Waals surface area contributed by atoms with Crippen LogP contribution in [0, 0.1) is 0 Å². The Balaban J connectivity index is 0.000000106. The van der Waals surface area contributed by atoms with E-state index < -0.39 is 0 Å². The first-order valence-electron chi connectivity index (χ1n) is 49.5. The maximum Gasteiger partial charge on any atom is 0.113 e. The second kappa shape index (κ2) is 34.1. The zero-order valence-corrected chi connectivity index (χ0v) is 79.3. The summed E-state index contributed by atoms with van der Waals surface area (Å²) >= 11 is 0. The minimum Gasteiger partial charge on any atom is -0.309 e. The van der Waals surface area contributed by atoms with E-state index in [1.807, 2.05) is 37.2 Å². The van der Waals surface area contributed by atoms with Crippen molar-refractivity contribution >= 4 is 152 Å². The van der Waals surface area contributed by atoms with Gasteiger partial charge in [0.15, 0.2) is 0 Å². The van der Waals surface area contributed by atoms with Crippen molar-refractivity contribution in [2.45, 2.75) is 19.3 Å². The fraction of sp³-hybridized carbons (Fsp3) is 0.0222. The predicted molar refractivity (Wildman–Crippen MR) is 604 cm³/mol. The van der Waals surface area contributed by atoms with Crippen molar-refractivity contribution in [3.8, 4) is 112 Å². The molecule has 678 valence electrons. The Hall–Kier alpha value is -19.2. The highest BCUT2D eigenvalue weighted by Crippen LogP contribution is 2.54. The Morgan fingerprint density at radius 3 is 1.11 bits per heavy atom. The molecule has 1 aliphatic carbocycles. The van der Waals surface area contributed by atoms with Crippen LogP contribution < -0.4 is 0 Å². The van der Waals surface area contributed by atoms with Crippen LogP contribution in [0.15, 0.2) is 498 Å². The van der Waals surface area contributed by atoms with Crippen LogP contribution in [0.5, 0.6) is 0 Å². The molecule has 0 saturated carbocycles. The normalized spacial score (nSPS) is 12.3. The van der Waals surface area contributed by atoms with E-state index in [1.165, 1.54) is 159 Å². The van der Waals surface area contributed by atoms with Crippen LogP contribution in [0.25, 0.3) is 264 Å². The fourth-order valence-electron chi connectivity index (χ4n) is 23.4. The first-order valence-corrected chi connectivity index (χ1v) is 49.5. The molecule has 7 aromatic heterocycles. The SMILES string of the molecule is CC1(C)c2ccccc2-c2c(-c3ccc(-n4c5ccc(-c6ccccc6)cc5c5cc6ccccc6cc54)c4nccnc34)cccc21.c1ccc(-c2ccc(-c3ccc(-n4c5ccc(-c6ccccc6)cc5c5cc6ccccc6cc54)c4cnncc34)cc2)cc1.c1ccc(-c2cccc3c2c2cc4ccccc4cc2n3-c2ccc(-c3cccc4c3c3ccccc3n4-c3ccccc3)c3nccnc23)cc1. The van der Waals surface area contributed by atoms with Gasteiger partial charge in [-0.2, -0.15) is 10.2 Å². The number of nitrogens with zero attached hydrogens (tertiary/aromatic N) is 10. The van der Waals surface area contributed by atoms with Gasteiger partial charge in [0.25, 0.3) is 0 Å². The van der Waals surface area contributed by atoms with Crippen molar-refractivity contribution in [2.24, 2.45) is 0 Å². The van der Waals surface area contributed by atoms with Gasteiger partial charge < -0.3 is 18.3 Å². The first kappa shape index (κ1) is 84.0. The summed E-state index contributed by atoms with van der Waals surface area (Å²) in [7, 11) is 0. The summed E-state index contributed by atoms with van der Waals surface area (Å²) < 4.78 is 9.55. The summed E-state index contributed by atoms with van der Waals surface area (Å²) in [6, 6.07) is 166. The number of benzene rings is 22. The number of para-hydroxylation sites is 2. The van der Waals surface area contributed by atoms with E-state index >= 15 is 0 Å². The van der Waals surface area contributed by atoms with E-state index in [2.05, 4.69) is 503 Å². The highest BCUT2D eigenvalue weighted by molar-refractivity contribution is 6.23. The van der Waals surface area contributed by atoms with Crippen LogP contribution in [-0.4, -0.2) is 48.4 Å². The van der Waals surface area contributed by atoms with E-state index in [1.54, 1.807) is 0 Å². The van der Waals surface area contributed by atoms with Gasteiger partial charge in [0.05, 0.1) is 84.6 Å². The summed E-state index contributed by atoms with van der Waals surface area (Å²) in [5, 5.41) is 27.9. The van der Waals surface area contributed by atoms with E-state index in [4.69, 9.17) is 19.9 Å². The van der Waals surface area contributed by atoms with Crippen molar-refractivity contribution in [3.05, 3.63) is 509 Å². The molecular formula is C135H88N10. The molecule has 0 fully saturated rings. The molecule has 0 unspecified atom stereocenters. The second-order valence-electron chi connectivity index (χ2n) is 38.4. The molecule has 1 aliphatic rings. The molecule has 30 rings (SSSR count). The summed E-state index contributed by atoms with van der Waals surface area (Å²) in [4.78, 5) is 20.2. The number of fused-ring (bicyclic) bond motifs is 21. The topological polar surface area (TPSA) is 97.1 Å². The predicted octanol–water partition coefficient (Wildman–Crippen LogP) is 34.7. The van der Waals surface area contributed by atoms with Crippen molar-refractivity contribution in [3.63, 3.8) is 0 Å². The first-order chi connectivity index (χ1) is 71.7. The largest absolute Gasteiger partial charge is 0.309 e. The molecule has 10 nitrogen and oxygen atoms in total. The van der Waals surface area contributed by atoms with Crippen molar-refractivity contribution in [1.29, 1.82) is 0 Å². The van der Waals surface area contributed by atoms with E-state index in [0.717, 1.165) is 117 Å². The smallest absolute Gasteiger partial charge is 0.113 e. The minimum atomic E-state index is -0.0757. The molecule has 0 N–H and O–H groups in total. The molecule has 0 atom stereocenters. The summed E-state index contributed by atoms with van der Waals surface area (Å²) in [6.45, 7) is 4.66.